The highest BCUT2D eigenvalue weighted by Crippen LogP contribution is 2.15. The first-order valence-electron chi connectivity index (χ1n) is 4.82. The van der Waals surface area contributed by atoms with Crippen molar-refractivity contribution in [1.82, 2.24) is 10.4 Å². The Morgan fingerprint density at radius 1 is 1.60 bits per heavy atom. The van der Waals surface area contributed by atoms with Gasteiger partial charge in [-0.3, -0.25) is 11.3 Å². The van der Waals surface area contributed by atoms with Crippen LogP contribution >= 0.6 is 11.6 Å². The van der Waals surface area contributed by atoms with Crippen LogP contribution in [0.25, 0.3) is 0 Å². The van der Waals surface area contributed by atoms with Gasteiger partial charge in [0.1, 0.15) is 5.15 Å². The summed E-state index contributed by atoms with van der Waals surface area (Å²) in [5.74, 6) is 5.45. The van der Waals surface area contributed by atoms with Crippen LogP contribution in [0.5, 0.6) is 0 Å². The molecule has 15 heavy (non-hydrogen) atoms. The third-order valence-electron chi connectivity index (χ3n) is 1.95. The van der Waals surface area contributed by atoms with Crippen LogP contribution in [-0.2, 0) is 4.74 Å². The third-order valence-corrected chi connectivity index (χ3v) is 2.16. The fraction of sp³-hybridized carbons (Fsp3) is 0.500. The molecule has 0 spiro atoms. The van der Waals surface area contributed by atoms with Crippen LogP contribution in [0, 0.1) is 0 Å². The van der Waals surface area contributed by atoms with E-state index in [0.29, 0.717) is 11.8 Å². The number of aromatic nitrogens is 1. The van der Waals surface area contributed by atoms with Gasteiger partial charge in [0.05, 0.1) is 18.8 Å². The molecular formula is C10H16ClN3O. The van der Waals surface area contributed by atoms with E-state index in [1.54, 1.807) is 12.3 Å². The lowest BCUT2D eigenvalue weighted by atomic mass is 10.1. The number of halogens is 1. The van der Waals surface area contributed by atoms with E-state index in [1.165, 1.54) is 0 Å². The fourth-order valence-electron chi connectivity index (χ4n) is 1.16. The summed E-state index contributed by atoms with van der Waals surface area (Å²) in [6.45, 7) is 4.47. The zero-order chi connectivity index (χ0) is 11.3. The van der Waals surface area contributed by atoms with Crippen molar-refractivity contribution in [2.75, 3.05) is 6.61 Å². The van der Waals surface area contributed by atoms with Crippen molar-refractivity contribution in [3.05, 3.63) is 29.0 Å². The molecule has 1 unspecified atom stereocenters. The second kappa shape index (κ2) is 6.02. The SMILES string of the molecule is CC(C)OCC(NN)c1ccnc(Cl)c1. The molecule has 1 aromatic heterocycles. The molecule has 0 fully saturated rings. The Labute approximate surface area is 94.8 Å². The van der Waals surface area contributed by atoms with E-state index < -0.39 is 0 Å². The zero-order valence-electron chi connectivity index (χ0n) is 8.90. The summed E-state index contributed by atoms with van der Waals surface area (Å²) in [7, 11) is 0. The van der Waals surface area contributed by atoms with E-state index in [2.05, 4.69) is 10.4 Å². The molecule has 0 bridgehead atoms. The number of nitrogens with one attached hydrogen (secondary N) is 1. The smallest absolute Gasteiger partial charge is 0.129 e. The predicted molar refractivity (Wildman–Crippen MR) is 60.4 cm³/mol. The molecule has 0 aliphatic carbocycles. The second-order valence-corrected chi connectivity index (χ2v) is 3.90. The molecule has 4 nitrogen and oxygen atoms in total. The summed E-state index contributed by atoms with van der Waals surface area (Å²) in [6.07, 6.45) is 1.83. The first kappa shape index (κ1) is 12.4. The molecule has 0 saturated heterocycles. The van der Waals surface area contributed by atoms with Crippen LogP contribution in [-0.4, -0.2) is 17.7 Å². The molecule has 0 aliphatic heterocycles. The number of rotatable bonds is 5. The molecule has 1 aromatic rings. The van der Waals surface area contributed by atoms with Crippen LogP contribution in [0.4, 0.5) is 0 Å². The first-order valence-corrected chi connectivity index (χ1v) is 5.20. The lowest BCUT2D eigenvalue weighted by Gasteiger charge is -2.18. The van der Waals surface area contributed by atoms with Crippen molar-refractivity contribution >= 4 is 11.6 Å². The number of nitrogens with two attached hydrogens (primary N) is 1. The monoisotopic (exact) mass is 229 g/mol. The van der Waals surface area contributed by atoms with Crippen molar-refractivity contribution in [1.29, 1.82) is 0 Å². The quantitative estimate of drug-likeness (QED) is 0.458. The summed E-state index contributed by atoms with van der Waals surface area (Å²) in [4.78, 5) is 3.91. The van der Waals surface area contributed by atoms with Crippen molar-refractivity contribution < 1.29 is 4.74 Å². The van der Waals surface area contributed by atoms with Gasteiger partial charge in [0.15, 0.2) is 0 Å². The number of hydrogen-bond donors (Lipinski definition) is 2. The Bertz CT molecular complexity index is 306. The summed E-state index contributed by atoms with van der Waals surface area (Å²) in [5.41, 5.74) is 3.66. The lowest BCUT2D eigenvalue weighted by molar-refractivity contribution is 0.0611. The normalized spacial score (nSPS) is 13.1. The van der Waals surface area contributed by atoms with Crippen LogP contribution in [0.15, 0.2) is 18.3 Å². The van der Waals surface area contributed by atoms with Crippen LogP contribution in [0.2, 0.25) is 5.15 Å². The van der Waals surface area contributed by atoms with Gasteiger partial charge in [-0.2, -0.15) is 0 Å². The average Bonchev–Trinajstić information content (AvgIpc) is 2.18. The summed E-state index contributed by atoms with van der Waals surface area (Å²) < 4.78 is 5.48. The van der Waals surface area contributed by atoms with Gasteiger partial charge < -0.3 is 4.74 Å². The van der Waals surface area contributed by atoms with Gasteiger partial charge in [0.2, 0.25) is 0 Å². The summed E-state index contributed by atoms with van der Waals surface area (Å²) >= 11 is 5.79. The molecule has 0 aliphatic rings. The third kappa shape index (κ3) is 4.13. The Morgan fingerprint density at radius 2 is 2.33 bits per heavy atom. The van der Waals surface area contributed by atoms with Gasteiger partial charge in [-0.15, -0.1) is 0 Å². The molecule has 5 heteroatoms. The highest BCUT2D eigenvalue weighted by atomic mass is 35.5. The molecule has 0 aromatic carbocycles. The van der Waals surface area contributed by atoms with Crippen LogP contribution in [0.3, 0.4) is 0 Å². The van der Waals surface area contributed by atoms with Crippen molar-refractivity contribution in [3.8, 4) is 0 Å². The van der Waals surface area contributed by atoms with Gasteiger partial charge >= 0.3 is 0 Å². The van der Waals surface area contributed by atoms with Crippen LogP contribution < -0.4 is 11.3 Å². The predicted octanol–water partition coefficient (Wildman–Crippen LogP) is 1.66. The molecule has 1 rings (SSSR count). The van der Waals surface area contributed by atoms with Crippen LogP contribution in [0.1, 0.15) is 25.5 Å². The van der Waals surface area contributed by atoms with Gasteiger partial charge in [-0.1, -0.05) is 11.6 Å². The molecular weight excluding hydrogens is 214 g/mol. The number of hydrogen-bond acceptors (Lipinski definition) is 4. The zero-order valence-corrected chi connectivity index (χ0v) is 9.66. The molecule has 0 amide bonds. The number of nitrogens with zero attached hydrogens (tertiary/aromatic N) is 1. The molecule has 3 N–H and O–H groups in total. The van der Waals surface area contributed by atoms with E-state index in [9.17, 15) is 0 Å². The van der Waals surface area contributed by atoms with E-state index in [0.717, 1.165) is 5.56 Å². The van der Waals surface area contributed by atoms with E-state index in [1.807, 2.05) is 19.9 Å². The summed E-state index contributed by atoms with van der Waals surface area (Å²) in [6, 6.07) is 3.57. The molecule has 0 saturated carbocycles. The van der Waals surface area contributed by atoms with Crippen molar-refractivity contribution in [2.24, 2.45) is 5.84 Å². The van der Waals surface area contributed by atoms with E-state index >= 15 is 0 Å². The topological polar surface area (TPSA) is 60.2 Å². The maximum Gasteiger partial charge on any atom is 0.129 e. The van der Waals surface area contributed by atoms with E-state index in [-0.39, 0.29) is 12.1 Å². The van der Waals surface area contributed by atoms with Gasteiger partial charge in [0, 0.05) is 6.20 Å². The maximum absolute atomic E-state index is 5.79. The van der Waals surface area contributed by atoms with E-state index in [4.69, 9.17) is 22.2 Å². The number of pyridine rings is 1. The average molecular weight is 230 g/mol. The molecule has 1 atom stereocenters. The Balaban J connectivity index is 2.65. The molecule has 84 valence electrons. The Morgan fingerprint density at radius 3 is 2.87 bits per heavy atom. The number of ether oxygens (including phenoxy) is 1. The van der Waals surface area contributed by atoms with Gasteiger partial charge in [-0.05, 0) is 31.5 Å². The second-order valence-electron chi connectivity index (χ2n) is 3.51. The van der Waals surface area contributed by atoms with Gasteiger partial charge in [0.25, 0.3) is 0 Å². The molecule has 0 radical (unpaired) electrons. The minimum absolute atomic E-state index is 0.0621. The van der Waals surface area contributed by atoms with Crippen molar-refractivity contribution in [3.63, 3.8) is 0 Å². The number of hydrazine groups is 1. The maximum atomic E-state index is 5.79. The summed E-state index contributed by atoms with van der Waals surface area (Å²) in [5, 5.41) is 0.456. The van der Waals surface area contributed by atoms with Gasteiger partial charge in [-0.25, -0.2) is 4.98 Å². The Hall–Kier alpha value is -0.680. The minimum Gasteiger partial charge on any atom is -0.377 e. The van der Waals surface area contributed by atoms with Crippen molar-refractivity contribution in [2.45, 2.75) is 26.0 Å². The molecule has 1 heterocycles. The fourth-order valence-corrected chi connectivity index (χ4v) is 1.35. The highest BCUT2D eigenvalue weighted by Gasteiger charge is 2.11. The minimum atomic E-state index is -0.0621. The Kier molecular flexibility index (Phi) is 4.98. The first-order chi connectivity index (χ1) is 7.13. The standard InChI is InChI=1S/C10H16ClN3O/c1-7(2)15-6-9(14-12)8-3-4-13-10(11)5-8/h3-5,7,9,14H,6,12H2,1-2H3. The largest absolute Gasteiger partial charge is 0.377 e. The highest BCUT2D eigenvalue weighted by molar-refractivity contribution is 6.29. The lowest BCUT2D eigenvalue weighted by Crippen LogP contribution is -2.32.